The maximum absolute atomic E-state index is 12.8. The molecule has 3 rings (SSSR count). The van der Waals surface area contributed by atoms with E-state index in [-0.39, 0.29) is 5.69 Å². The molecular weight excluding hydrogens is 423 g/mol. The third-order valence-corrected chi connectivity index (χ3v) is 6.42. The predicted octanol–water partition coefficient (Wildman–Crippen LogP) is 3.60. The van der Waals surface area contributed by atoms with Crippen LogP contribution in [0.3, 0.4) is 0 Å². The van der Waals surface area contributed by atoms with Crippen LogP contribution in [-0.2, 0) is 16.4 Å². The zero-order valence-corrected chi connectivity index (χ0v) is 16.7. The van der Waals surface area contributed by atoms with Crippen molar-refractivity contribution in [1.29, 1.82) is 0 Å². The molecule has 0 aromatic heterocycles. The number of nitro benzene ring substituents is 1. The summed E-state index contributed by atoms with van der Waals surface area (Å²) in [5.74, 6) is 0. The lowest BCUT2D eigenvalue weighted by Gasteiger charge is -2.24. The van der Waals surface area contributed by atoms with Crippen LogP contribution in [0.25, 0.3) is 0 Å². The lowest BCUT2D eigenvalue weighted by molar-refractivity contribution is -0.384. The molecule has 0 bridgehead atoms. The van der Waals surface area contributed by atoms with Gasteiger partial charge >= 0.3 is 5.51 Å². The van der Waals surface area contributed by atoms with Gasteiger partial charge in [-0.15, -0.1) is 0 Å². The number of halogens is 3. The van der Waals surface area contributed by atoms with E-state index in [1.165, 1.54) is 0 Å². The summed E-state index contributed by atoms with van der Waals surface area (Å²) in [6.45, 7) is 2.99. The number of rotatable bonds is 5. The Morgan fingerprint density at radius 2 is 1.70 bits per heavy atom. The summed E-state index contributed by atoms with van der Waals surface area (Å²) in [6, 6.07) is 12.2. The van der Waals surface area contributed by atoms with Crippen molar-refractivity contribution in [3.8, 4) is 0 Å². The fraction of sp³-hybridized carbons (Fsp3) is 0.368. The number of anilines is 1. The highest BCUT2D eigenvalue weighted by Crippen LogP contribution is 2.36. The Labute approximate surface area is 171 Å². The van der Waals surface area contributed by atoms with Gasteiger partial charge in [0.15, 0.2) is 0 Å². The minimum atomic E-state index is -5.66. The van der Waals surface area contributed by atoms with Crippen molar-refractivity contribution in [3.05, 3.63) is 64.2 Å². The molecule has 1 aliphatic rings. The quantitative estimate of drug-likeness (QED) is 0.519. The molecule has 11 heteroatoms. The monoisotopic (exact) mass is 443 g/mol. The smallest absolute Gasteiger partial charge is 0.365 e. The van der Waals surface area contributed by atoms with Crippen LogP contribution in [0.2, 0.25) is 0 Å². The molecule has 7 nitrogen and oxygen atoms in total. The van der Waals surface area contributed by atoms with Crippen LogP contribution < -0.4 is 4.90 Å². The van der Waals surface area contributed by atoms with E-state index in [9.17, 15) is 31.7 Å². The maximum atomic E-state index is 12.8. The first-order valence-corrected chi connectivity index (χ1v) is 10.7. The number of sulfone groups is 1. The van der Waals surface area contributed by atoms with E-state index < -0.39 is 30.9 Å². The van der Waals surface area contributed by atoms with E-state index in [1.807, 2.05) is 30.3 Å². The number of benzene rings is 2. The molecule has 0 spiro atoms. The number of nitrogens with zero attached hydrogens (tertiary/aromatic N) is 3. The van der Waals surface area contributed by atoms with Gasteiger partial charge in [-0.1, -0.05) is 30.3 Å². The molecule has 0 atom stereocenters. The van der Waals surface area contributed by atoms with Crippen LogP contribution in [0.1, 0.15) is 12.0 Å². The third kappa shape index (κ3) is 4.73. The molecule has 1 aliphatic heterocycles. The highest BCUT2D eigenvalue weighted by Gasteiger charge is 2.47. The first kappa shape index (κ1) is 22.0. The summed E-state index contributed by atoms with van der Waals surface area (Å²) >= 11 is 0. The summed E-state index contributed by atoms with van der Waals surface area (Å²) < 4.78 is 61.7. The third-order valence-electron chi connectivity index (χ3n) is 4.94. The molecule has 30 heavy (non-hydrogen) atoms. The van der Waals surface area contributed by atoms with Crippen molar-refractivity contribution in [3.63, 3.8) is 0 Å². The Balaban J connectivity index is 1.82. The molecular formula is C19H20F3N3O4S. The highest BCUT2D eigenvalue weighted by atomic mass is 32.2. The molecule has 162 valence electrons. The fourth-order valence-corrected chi connectivity index (χ4v) is 4.21. The Kier molecular flexibility index (Phi) is 6.32. The first-order valence-electron chi connectivity index (χ1n) is 9.20. The molecule has 1 heterocycles. The summed E-state index contributed by atoms with van der Waals surface area (Å²) in [5.41, 5.74) is -4.93. The van der Waals surface area contributed by atoms with Gasteiger partial charge in [-0.25, -0.2) is 8.42 Å². The lowest BCUT2D eigenvalue weighted by Crippen LogP contribution is -2.31. The van der Waals surface area contributed by atoms with Crippen LogP contribution in [0, 0.1) is 10.1 Å². The van der Waals surface area contributed by atoms with Gasteiger partial charge in [0.1, 0.15) is 5.69 Å². The molecule has 1 saturated heterocycles. The van der Waals surface area contributed by atoms with Gasteiger partial charge in [0.2, 0.25) is 0 Å². The minimum absolute atomic E-state index is 0.114. The van der Waals surface area contributed by atoms with Crippen LogP contribution >= 0.6 is 0 Å². The number of hydrogen-bond acceptors (Lipinski definition) is 6. The number of hydrogen-bond donors (Lipinski definition) is 0. The SMILES string of the molecule is O=[N+]([O-])c1cc(S(=O)(=O)C(F)(F)F)ccc1N1CCCN(Cc2ccccc2)CC1. The second-order valence-electron chi connectivity index (χ2n) is 6.96. The van der Waals surface area contributed by atoms with Gasteiger partial charge in [-0.2, -0.15) is 13.2 Å². The Morgan fingerprint density at radius 3 is 2.33 bits per heavy atom. The number of alkyl halides is 3. The minimum Gasteiger partial charge on any atom is -0.365 e. The van der Waals surface area contributed by atoms with Gasteiger partial charge in [-0.05, 0) is 24.1 Å². The number of nitro groups is 1. The van der Waals surface area contributed by atoms with Crippen molar-refractivity contribution in [2.24, 2.45) is 0 Å². The summed E-state index contributed by atoms with van der Waals surface area (Å²) in [7, 11) is -5.66. The molecule has 0 unspecified atom stereocenters. The molecule has 2 aromatic rings. The van der Waals surface area contributed by atoms with E-state index in [0.717, 1.165) is 30.8 Å². The van der Waals surface area contributed by atoms with Crippen LogP contribution in [-0.4, -0.2) is 49.9 Å². The van der Waals surface area contributed by atoms with Gasteiger partial charge in [-0.3, -0.25) is 15.0 Å². The van der Waals surface area contributed by atoms with E-state index in [1.54, 1.807) is 4.90 Å². The van der Waals surface area contributed by atoms with E-state index in [2.05, 4.69) is 4.90 Å². The molecule has 0 radical (unpaired) electrons. The Morgan fingerprint density at radius 1 is 1.00 bits per heavy atom. The van der Waals surface area contributed by atoms with Crippen LogP contribution in [0.5, 0.6) is 0 Å². The van der Waals surface area contributed by atoms with Gasteiger partial charge < -0.3 is 4.90 Å². The van der Waals surface area contributed by atoms with E-state index in [4.69, 9.17) is 0 Å². The molecule has 0 N–H and O–H groups in total. The van der Waals surface area contributed by atoms with Crippen LogP contribution in [0.4, 0.5) is 24.5 Å². The summed E-state index contributed by atoms with van der Waals surface area (Å²) in [6.07, 6.45) is 0.701. The Bertz CT molecular complexity index is 1010. The van der Waals surface area contributed by atoms with E-state index >= 15 is 0 Å². The molecule has 0 amide bonds. The van der Waals surface area contributed by atoms with Crippen molar-refractivity contribution < 1.29 is 26.5 Å². The van der Waals surface area contributed by atoms with E-state index in [0.29, 0.717) is 32.1 Å². The largest absolute Gasteiger partial charge is 0.501 e. The molecule has 1 fully saturated rings. The van der Waals surface area contributed by atoms with Gasteiger partial charge in [0.05, 0.1) is 9.82 Å². The highest BCUT2D eigenvalue weighted by molar-refractivity contribution is 7.92. The topological polar surface area (TPSA) is 83.8 Å². The fourth-order valence-electron chi connectivity index (χ4n) is 3.43. The zero-order chi connectivity index (χ0) is 21.9. The van der Waals surface area contributed by atoms with Crippen molar-refractivity contribution in [2.75, 3.05) is 31.1 Å². The maximum Gasteiger partial charge on any atom is 0.501 e. The standard InChI is InChI=1S/C19H20F3N3O4S/c20-19(21,22)30(28,29)16-7-8-17(18(13-16)25(26)27)24-10-4-9-23(11-12-24)14-15-5-2-1-3-6-15/h1-3,5-8,13H,4,9-12,14H2. The van der Waals surface area contributed by atoms with Crippen LogP contribution in [0.15, 0.2) is 53.4 Å². The molecule has 0 saturated carbocycles. The average molecular weight is 443 g/mol. The normalized spacial score (nSPS) is 16.3. The average Bonchev–Trinajstić information content (AvgIpc) is 2.93. The van der Waals surface area contributed by atoms with Gasteiger partial charge in [0, 0.05) is 38.8 Å². The second-order valence-corrected chi connectivity index (χ2v) is 8.90. The predicted molar refractivity (Wildman–Crippen MR) is 105 cm³/mol. The van der Waals surface area contributed by atoms with Crippen molar-refractivity contribution >= 4 is 21.2 Å². The van der Waals surface area contributed by atoms with Crippen molar-refractivity contribution in [1.82, 2.24) is 4.90 Å². The van der Waals surface area contributed by atoms with Crippen molar-refractivity contribution in [2.45, 2.75) is 23.4 Å². The second kappa shape index (κ2) is 8.60. The Hall–Kier alpha value is -2.66. The summed E-state index contributed by atoms with van der Waals surface area (Å²) in [5, 5.41) is 11.5. The molecule has 2 aromatic carbocycles. The first-order chi connectivity index (χ1) is 14.1. The molecule has 0 aliphatic carbocycles. The zero-order valence-electron chi connectivity index (χ0n) is 15.9. The summed E-state index contributed by atoms with van der Waals surface area (Å²) in [4.78, 5) is 13.4. The lowest BCUT2D eigenvalue weighted by atomic mass is 10.2. The van der Waals surface area contributed by atoms with Gasteiger partial charge in [0.25, 0.3) is 15.5 Å².